The molecule has 0 saturated heterocycles. The molecule has 15 heavy (non-hydrogen) atoms. The van der Waals surface area contributed by atoms with Crippen LogP contribution in [0.1, 0.15) is 12.5 Å². The van der Waals surface area contributed by atoms with Gasteiger partial charge in [0.2, 0.25) is 0 Å². The molecular weight excluding hydrogens is 190 g/mol. The van der Waals surface area contributed by atoms with E-state index in [0.29, 0.717) is 17.7 Å². The van der Waals surface area contributed by atoms with E-state index in [1.165, 1.54) is 7.11 Å². The summed E-state index contributed by atoms with van der Waals surface area (Å²) in [4.78, 5) is 11.4. The van der Waals surface area contributed by atoms with Gasteiger partial charge in [-0.25, -0.2) is 4.79 Å². The number of carbonyl (C=O) groups excluding carboxylic acids is 1. The summed E-state index contributed by atoms with van der Waals surface area (Å²) in [6.07, 6.45) is 0.510. The van der Waals surface area contributed by atoms with Gasteiger partial charge < -0.3 is 10.5 Å². The van der Waals surface area contributed by atoms with Gasteiger partial charge in [0.25, 0.3) is 0 Å². The van der Waals surface area contributed by atoms with E-state index in [9.17, 15) is 4.79 Å². The van der Waals surface area contributed by atoms with Gasteiger partial charge >= 0.3 is 5.97 Å². The number of esters is 1. The summed E-state index contributed by atoms with van der Waals surface area (Å²) in [5, 5.41) is 0. The molecule has 0 spiro atoms. The Balaban J connectivity index is 2.87. The summed E-state index contributed by atoms with van der Waals surface area (Å²) in [5.41, 5.74) is 7.71. The molecule has 0 bridgehead atoms. The van der Waals surface area contributed by atoms with Crippen LogP contribution >= 0.6 is 0 Å². The Labute approximate surface area is 89.5 Å². The predicted molar refractivity (Wildman–Crippen MR) is 59.0 cm³/mol. The van der Waals surface area contributed by atoms with Crippen molar-refractivity contribution in [1.29, 1.82) is 0 Å². The lowest BCUT2D eigenvalue weighted by Crippen LogP contribution is -2.13. The first-order valence-electron chi connectivity index (χ1n) is 4.72. The maximum Gasteiger partial charge on any atom is 0.335 e. The fourth-order valence-corrected chi connectivity index (χ4v) is 1.30. The number of hydrogen-bond acceptors (Lipinski definition) is 3. The van der Waals surface area contributed by atoms with E-state index >= 15 is 0 Å². The van der Waals surface area contributed by atoms with Crippen molar-refractivity contribution in [2.24, 2.45) is 5.73 Å². The molecule has 0 amide bonds. The van der Waals surface area contributed by atoms with E-state index in [2.05, 4.69) is 4.74 Å². The third kappa shape index (κ3) is 3.13. The van der Waals surface area contributed by atoms with Gasteiger partial charge in [-0.2, -0.15) is 0 Å². The molecule has 0 aliphatic rings. The van der Waals surface area contributed by atoms with E-state index in [0.717, 1.165) is 5.56 Å². The molecule has 80 valence electrons. The fraction of sp³-hybridized carbons (Fsp3) is 0.250. The fourth-order valence-electron chi connectivity index (χ4n) is 1.30. The van der Waals surface area contributed by atoms with E-state index in [4.69, 9.17) is 5.73 Å². The van der Waals surface area contributed by atoms with Crippen molar-refractivity contribution in [1.82, 2.24) is 0 Å². The van der Waals surface area contributed by atoms with Crippen molar-refractivity contribution in [2.45, 2.75) is 13.3 Å². The van der Waals surface area contributed by atoms with Crippen LogP contribution in [0.25, 0.3) is 0 Å². The average molecular weight is 205 g/mol. The maximum absolute atomic E-state index is 11.4. The molecule has 0 fully saturated rings. The molecule has 0 atom stereocenters. The lowest BCUT2D eigenvalue weighted by Gasteiger charge is -2.07. The first-order valence-corrected chi connectivity index (χ1v) is 4.72. The zero-order chi connectivity index (χ0) is 11.3. The molecule has 0 aliphatic heterocycles. The Bertz CT molecular complexity index is 364. The maximum atomic E-state index is 11.4. The topological polar surface area (TPSA) is 52.3 Å². The van der Waals surface area contributed by atoms with Crippen LogP contribution in [0.15, 0.2) is 41.6 Å². The monoisotopic (exact) mass is 205 g/mol. The SMILES string of the molecule is COC(=O)/C(Cc1ccccc1)=C(\C)N. The summed E-state index contributed by atoms with van der Waals surface area (Å²) < 4.78 is 4.67. The van der Waals surface area contributed by atoms with E-state index < -0.39 is 0 Å². The molecule has 0 aliphatic carbocycles. The normalized spacial score (nSPS) is 11.9. The highest BCUT2D eigenvalue weighted by molar-refractivity contribution is 5.89. The number of allylic oxidation sites excluding steroid dienone is 1. The Morgan fingerprint density at radius 1 is 1.33 bits per heavy atom. The molecule has 1 aromatic rings. The molecule has 2 N–H and O–H groups in total. The van der Waals surface area contributed by atoms with Crippen LogP contribution < -0.4 is 5.73 Å². The third-order valence-corrected chi connectivity index (χ3v) is 2.13. The second-order valence-electron chi connectivity index (χ2n) is 3.32. The second-order valence-corrected chi connectivity index (χ2v) is 3.32. The molecule has 0 aromatic heterocycles. The Morgan fingerprint density at radius 2 is 1.93 bits per heavy atom. The van der Waals surface area contributed by atoms with Crippen molar-refractivity contribution < 1.29 is 9.53 Å². The van der Waals surface area contributed by atoms with Gasteiger partial charge in [0.15, 0.2) is 0 Å². The van der Waals surface area contributed by atoms with E-state index in [1.807, 2.05) is 30.3 Å². The summed E-state index contributed by atoms with van der Waals surface area (Å²) in [6.45, 7) is 1.70. The molecule has 1 aromatic carbocycles. The molecule has 0 unspecified atom stereocenters. The van der Waals surface area contributed by atoms with Crippen molar-refractivity contribution in [3.63, 3.8) is 0 Å². The lowest BCUT2D eigenvalue weighted by molar-refractivity contribution is -0.136. The lowest BCUT2D eigenvalue weighted by atomic mass is 10.0. The Hall–Kier alpha value is -1.77. The first-order chi connectivity index (χ1) is 7.15. The number of nitrogens with two attached hydrogens (primary N) is 1. The van der Waals surface area contributed by atoms with Crippen LogP contribution in [0.4, 0.5) is 0 Å². The highest BCUT2D eigenvalue weighted by Gasteiger charge is 2.12. The van der Waals surface area contributed by atoms with E-state index in [1.54, 1.807) is 6.92 Å². The van der Waals surface area contributed by atoms with Crippen LogP contribution in [-0.2, 0) is 16.0 Å². The van der Waals surface area contributed by atoms with Crippen LogP contribution in [0, 0.1) is 0 Å². The van der Waals surface area contributed by atoms with Gasteiger partial charge in [-0.1, -0.05) is 30.3 Å². The minimum absolute atomic E-state index is 0.362. The Morgan fingerprint density at radius 3 is 2.40 bits per heavy atom. The number of benzene rings is 1. The van der Waals surface area contributed by atoms with Gasteiger partial charge in [0.05, 0.1) is 12.7 Å². The number of hydrogen-bond donors (Lipinski definition) is 1. The van der Waals surface area contributed by atoms with Crippen LogP contribution in [0.5, 0.6) is 0 Å². The molecule has 0 saturated carbocycles. The average Bonchev–Trinajstić information content (AvgIpc) is 2.26. The molecule has 0 heterocycles. The van der Waals surface area contributed by atoms with Crippen LogP contribution in [-0.4, -0.2) is 13.1 Å². The molecule has 1 rings (SSSR count). The number of rotatable bonds is 3. The molecule has 3 heteroatoms. The van der Waals surface area contributed by atoms with Crippen molar-refractivity contribution in [3.05, 3.63) is 47.2 Å². The van der Waals surface area contributed by atoms with Crippen molar-refractivity contribution in [2.75, 3.05) is 7.11 Å². The predicted octanol–water partition coefficient (Wildman–Crippen LogP) is 1.63. The van der Waals surface area contributed by atoms with Crippen LogP contribution in [0.3, 0.4) is 0 Å². The number of carbonyl (C=O) groups is 1. The highest BCUT2D eigenvalue weighted by Crippen LogP contribution is 2.11. The first kappa shape index (κ1) is 11.3. The largest absolute Gasteiger partial charge is 0.466 e. The standard InChI is InChI=1S/C12H15NO2/c1-9(13)11(12(14)15-2)8-10-6-4-3-5-7-10/h3-7H,8,13H2,1-2H3/b11-9+. The van der Waals surface area contributed by atoms with Gasteiger partial charge in [-0.3, -0.25) is 0 Å². The van der Waals surface area contributed by atoms with Gasteiger partial charge in [0.1, 0.15) is 0 Å². The van der Waals surface area contributed by atoms with Gasteiger partial charge in [-0.05, 0) is 12.5 Å². The summed E-state index contributed by atoms with van der Waals surface area (Å²) >= 11 is 0. The van der Waals surface area contributed by atoms with Crippen LogP contribution in [0.2, 0.25) is 0 Å². The minimum Gasteiger partial charge on any atom is -0.466 e. The van der Waals surface area contributed by atoms with Gasteiger partial charge in [-0.15, -0.1) is 0 Å². The zero-order valence-electron chi connectivity index (χ0n) is 8.99. The summed E-state index contributed by atoms with van der Waals surface area (Å²) in [5.74, 6) is -0.362. The minimum atomic E-state index is -0.362. The molecule has 0 radical (unpaired) electrons. The van der Waals surface area contributed by atoms with Crippen molar-refractivity contribution >= 4 is 5.97 Å². The Kier molecular flexibility index (Phi) is 3.92. The summed E-state index contributed by atoms with van der Waals surface area (Å²) in [7, 11) is 1.36. The number of methoxy groups -OCH3 is 1. The summed E-state index contributed by atoms with van der Waals surface area (Å²) in [6, 6.07) is 9.68. The highest BCUT2D eigenvalue weighted by atomic mass is 16.5. The van der Waals surface area contributed by atoms with Gasteiger partial charge in [0, 0.05) is 12.1 Å². The van der Waals surface area contributed by atoms with E-state index in [-0.39, 0.29) is 5.97 Å². The molecule has 3 nitrogen and oxygen atoms in total. The third-order valence-electron chi connectivity index (χ3n) is 2.13. The second kappa shape index (κ2) is 5.20. The smallest absolute Gasteiger partial charge is 0.335 e. The number of ether oxygens (including phenoxy) is 1. The van der Waals surface area contributed by atoms with Crippen molar-refractivity contribution in [3.8, 4) is 0 Å². The molecular formula is C12H15NO2. The quantitative estimate of drug-likeness (QED) is 0.602. The zero-order valence-corrected chi connectivity index (χ0v) is 8.99.